The van der Waals surface area contributed by atoms with Crippen LogP contribution in [-0.4, -0.2) is 35.6 Å². The Hall–Kier alpha value is -1.00. The van der Waals surface area contributed by atoms with E-state index in [1.54, 1.807) is 12.3 Å². The van der Waals surface area contributed by atoms with Gasteiger partial charge in [0.15, 0.2) is 0 Å². The lowest BCUT2D eigenvalue weighted by molar-refractivity contribution is 0.257. The maximum absolute atomic E-state index is 5.83. The fourth-order valence-corrected chi connectivity index (χ4v) is 2.00. The summed E-state index contributed by atoms with van der Waals surface area (Å²) in [6.07, 6.45) is 4.25. The molecule has 0 saturated heterocycles. The fraction of sp³-hybridized carbons (Fsp3) is 0.583. The summed E-state index contributed by atoms with van der Waals surface area (Å²) >= 11 is 5.80. The summed E-state index contributed by atoms with van der Waals surface area (Å²) in [5, 5.41) is 3.83. The highest BCUT2D eigenvalue weighted by molar-refractivity contribution is 6.30. The van der Waals surface area contributed by atoms with Gasteiger partial charge in [-0.3, -0.25) is 4.90 Å². The van der Waals surface area contributed by atoms with Gasteiger partial charge < -0.3 is 11.1 Å². The van der Waals surface area contributed by atoms with Gasteiger partial charge in [0.1, 0.15) is 5.82 Å². The number of nitrogens with zero attached hydrogens (tertiary/aromatic N) is 2. The van der Waals surface area contributed by atoms with Gasteiger partial charge in [0, 0.05) is 24.8 Å². The summed E-state index contributed by atoms with van der Waals surface area (Å²) in [6.45, 7) is 3.04. The Bertz CT molecular complexity index is 392. The van der Waals surface area contributed by atoms with Crippen molar-refractivity contribution in [2.75, 3.05) is 24.6 Å². The number of nitrogen functional groups attached to an aromatic ring is 1. The van der Waals surface area contributed by atoms with Crippen molar-refractivity contribution < 1.29 is 0 Å². The third-order valence-corrected chi connectivity index (χ3v) is 3.47. The van der Waals surface area contributed by atoms with Crippen molar-refractivity contribution in [2.24, 2.45) is 0 Å². The van der Waals surface area contributed by atoms with Crippen molar-refractivity contribution in [2.45, 2.75) is 31.8 Å². The molecule has 0 radical (unpaired) electrons. The van der Waals surface area contributed by atoms with Crippen molar-refractivity contribution >= 4 is 23.1 Å². The molecule has 1 aliphatic carbocycles. The molecule has 1 aromatic rings. The lowest BCUT2D eigenvalue weighted by atomic mass is 10.3. The lowest BCUT2D eigenvalue weighted by Crippen LogP contribution is -2.36. The van der Waals surface area contributed by atoms with E-state index in [0.29, 0.717) is 22.6 Å². The van der Waals surface area contributed by atoms with Gasteiger partial charge >= 0.3 is 0 Å². The highest BCUT2D eigenvalue weighted by atomic mass is 35.5. The molecule has 0 aliphatic heterocycles. The number of rotatable bonds is 5. The molecule has 4 nitrogen and oxygen atoms in total. The van der Waals surface area contributed by atoms with Gasteiger partial charge in [-0.1, -0.05) is 11.6 Å². The van der Waals surface area contributed by atoms with E-state index in [2.05, 4.69) is 29.2 Å². The van der Waals surface area contributed by atoms with Crippen molar-refractivity contribution in [3.8, 4) is 0 Å². The third kappa shape index (κ3) is 3.23. The van der Waals surface area contributed by atoms with Crippen molar-refractivity contribution in [3.05, 3.63) is 17.3 Å². The Balaban J connectivity index is 1.88. The number of likely N-dealkylation sites (N-methyl/N-ethyl adjacent to an activating group) is 1. The van der Waals surface area contributed by atoms with Crippen LogP contribution in [-0.2, 0) is 0 Å². The number of anilines is 2. The normalized spacial score (nSPS) is 17.2. The van der Waals surface area contributed by atoms with Gasteiger partial charge in [0.2, 0.25) is 0 Å². The van der Waals surface area contributed by atoms with Crippen LogP contribution in [0.2, 0.25) is 5.02 Å². The molecular weight excluding hydrogens is 236 g/mol. The molecule has 1 atom stereocenters. The average Bonchev–Trinajstić information content (AvgIpc) is 3.10. The standard InChI is InChI=1S/C12H19ClN4/c1-8(17(2)10-3-4-10)6-15-12-11(14)5-9(13)7-16-12/h5,7-8,10H,3-4,6,14H2,1-2H3,(H,15,16). The van der Waals surface area contributed by atoms with Crippen LogP contribution >= 0.6 is 11.6 Å². The lowest BCUT2D eigenvalue weighted by Gasteiger charge is -2.25. The van der Waals surface area contributed by atoms with Crippen molar-refractivity contribution in [1.29, 1.82) is 0 Å². The molecule has 17 heavy (non-hydrogen) atoms. The summed E-state index contributed by atoms with van der Waals surface area (Å²) < 4.78 is 0. The van der Waals surface area contributed by atoms with Gasteiger partial charge in [-0.2, -0.15) is 0 Å². The molecule has 1 aliphatic rings. The van der Waals surface area contributed by atoms with E-state index in [-0.39, 0.29) is 0 Å². The minimum Gasteiger partial charge on any atom is -0.396 e. The van der Waals surface area contributed by atoms with Gasteiger partial charge in [0.25, 0.3) is 0 Å². The molecule has 1 saturated carbocycles. The zero-order valence-corrected chi connectivity index (χ0v) is 11.0. The summed E-state index contributed by atoms with van der Waals surface area (Å²) in [7, 11) is 2.17. The first-order valence-corrected chi connectivity index (χ1v) is 6.32. The monoisotopic (exact) mass is 254 g/mol. The summed E-state index contributed by atoms with van der Waals surface area (Å²) in [5.41, 5.74) is 6.43. The van der Waals surface area contributed by atoms with Crippen molar-refractivity contribution in [3.63, 3.8) is 0 Å². The first-order valence-electron chi connectivity index (χ1n) is 5.94. The second kappa shape index (κ2) is 5.10. The van der Waals surface area contributed by atoms with Crippen LogP contribution < -0.4 is 11.1 Å². The highest BCUT2D eigenvalue weighted by Gasteiger charge is 2.28. The fourth-order valence-electron chi connectivity index (χ4n) is 1.83. The largest absolute Gasteiger partial charge is 0.396 e. The number of nitrogens with two attached hydrogens (primary N) is 1. The molecule has 0 amide bonds. The van der Waals surface area contributed by atoms with Crippen LogP contribution in [0.5, 0.6) is 0 Å². The van der Waals surface area contributed by atoms with Crippen LogP contribution in [0.1, 0.15) is 19.8 Å². The number of nitrogens with one attached hydrogen (secondary N) is 1. The van der Waals surface area contributed by atoms with E-state index < -0.39 is 0 Å². The Morgan fingerprint density at radius 3 is 2.94 bits per heavy atom. The van der Waals surface area contributed by atoms with E-state index in [1.807, 2.05) is 0 Å². The van der Waals surface area contributed by atoms with Gasteiger partial charge in [-0.15, -0.1) is 0 Å². The van der Waals surface area contributed by atoms with Gasteiger partial charge in [0.05, 0.1) is 10.7 Å². The molecule has 0 spiro atoms. The molecule has 3 N–H and O–H groups in total. The zero-order valence-electron chi connectivity index (χ0n) is 10.3. The topological polar surface area (TPSA) is 54.2 Å². The molecular formula is C12H19ClN4. The second-order valence-corrected chi connectivity index (χ2v) is 5.15. The highest BCUT2D eigenvalue weighted by Crippen LogP contribution is 2.27. The SMILES string of the molecule is CC(CNc1ncc(Cl)cc1N)N(C)C1CC1. The minimum atomic E-state index is 0.472. The number of hydrogen-bond donors (Lipinski definition) is 2. The maximum Gasteiger partial charge on any atom is 0.149 e. The second-order valence-electron chi connectivity index (χ2n) is 4.72. The maximum atomic E-state index is 5.83. The number of hydrogen-bond acceptors (Lipinski definition) is 4. The number of halogens is 1. The molecule has 2 rings (SSSR count). The van der Waals surface area contributed by atoms with Crippen LogP contribution in [0.3, 0.4) is 0 Å². The Morgan fingerprint density at radius 1 is 1.65 bits per heavy atom. The van der Waals surface area contributed by atoms with Gasteiger partial charge in [-0.05, 0) is 32.9 Å². The molecule has 0 bridgehead atoms. The number of pyridine rings is 1. The van der Waals surface area contributed by atoms with Crippen LogP contribution in [0, 0.1) is 0 Å². The quantitative estimate of drug-likeness (QED) is 0.846. The van der Waals surface area contributed by atoms with Crippen LogP contribution in [0.25, 0.3) is 0 Å². The Kier molecular flexibility index (Phi) is 3.74. The summed E-state index contributed by atoms with van der Waals surface area (Å²) in [6, 6.07) is 2.95. The summed E-state index contributed by atoms with van der Waals surface area (Å²) in [5.74, 6) is 0.713. The molecule has 1 unspecified atom stereocenters. The average molecular weight is 255 g/mol. The van der Waals surface area contributed by atoms with Gasteiger partial charge in [-0.25, -0.2) is 4.98 Å². The zero-order chi connectivity index (χ0) is 12.4. The molecule has 1 aromatic heterocycles. The minimum absolute atomic E-state index is 0.472. The third-order valence-electron chi connectivity index (χ3n) is 3.27. The molecule has 94 valence electrons. The van der Waals surface area contributed by atoms with E-state index in [0.717, 1.165) is 12.6 Å². The van der Waals surface area contributed by atoms with Crippen molar-refractivity contribution in [1.82, 2.24) is 9.88 Å². The Labute approximate surface area is 107 Å². The Morgan fingerprint density at radius 2 is 2.35 bits per heavy atom. The predicted molar refractivity (Wildman–Crippen MR) is 72.4 cm³/mol. The first kappa shape index (κ1) is 12.5. The molecule has 0 aromatic carbocycles. The molecule has 5 heteroatoms. The predicted octanol–water partition coefficient (Wildman–Crippen LogP) is 2.21. The molecule has 1 heterocycles. The first-order chi connectivity index (χ1) is 8.08. The van der Waals surface area contributed by atoms with E-state index in [9.17, 15) is 0 Å². The number of aromatic nitrogens is 1. The van der Waals surface area contributed by atoms with E-state index in [4.69, 9.17) is 17.3 Å². The smallest absolute Gasteiger partial charge is 0.149 e. The van der Waals surface area contributed by atoms with Crippen LogP contribution in [0.4, 0.5) is 11.5 Å². The molecule has 1 fully saturated rings. The van der Waals surface area contributed by atoms with Crippen LogP contribution in [0.15, 0.2) is 12.3 Å². The van der Waals surface area contributed by atoms with E-state index in [1.165, 1.54) is 12.8 Å². The summed E-state index contributed by atoms with van der Waals surface area (Å²) in [4.78, 5) is 6.58. The van der Waals surface area contributed by atoms with E-state index >= 15 is 0 Å².